The first kappa shape index (κ1) is 18.0. The first-order valence-electron chi connectivity index (χ1n) is 8.03. The molecule has 0 heterocycles. The van der Waals surface area contributed by atoms with Gasteiger partial charge in [-0.3, -0.25) is 4.79 Å². The molecule has 0 amide bonds. The maximum atomic E-state index is 12.8. The summed E-state index contributed by atoms with van der Waals surface area (Å²) in [5.41, 5.74) is -0.275. The standard InChI is InChI=1S/C20H16F3NO2/c1-26-16(25)11-19(12-24)17(13-5-3-2-4-6-13)18(19)14-7-9-15(10-8-14)20(21,22)23/h2-10,17-18H,11H2,1H3. The largest absolute Gasteiger partial charge is 0.469 e. The van der Waals surface area contributed by atoms with E-state index < -0.39 is 23.1 Å². The highest BCUT2D eigenvalue weighted by molar-refractivity contribution is 5.73. The van der Waals surface area contributed by atoms with Crippen LogP contribution in [0.5, 0.6) is 0 Å². The minimum Gasteiger partial charge on any atom is -0.469 e. The Labute approximate surface area is 149 Å². The molecule has 1 aliphatic rings. The predicted molar refractivity (Wildman–Crippen MR) is 88.0 cm³/mol. The van der Waals surface area contributed by atoms with Gasteiger partial charge >= 0.3 is 12.1 Å². The third-order valence-electron chi connectivity index (χ3n) is 4.96. The van der Waals surface area contributed by atoms with Crippen molar-refractivity contribution in [3.63, 3.8) is 0 Å². The Hall–Kier alpha value is -2.81. The highest BCUT2D eigenvalue weighted by Crippen LogP contribution is 2.71. The van der Waals surface area contributed by atoms with Gasteiger partial charge in [0.1, 0.15) is 0 Å². The molecule has 2 aromatic carbocycles. The lowest BCUT2D eigenvalue weighted by molar-refractivity contribution is -0.141. The lowest BCUT2D eigenvalue weighted by Crippen LogP contribution is -2.12. The number of carbonyl (C=O) groups is 1. The Kier molecular flexibility index (Phi) is 4.49. The van der Waals surface area contributed by atoms with Crippen molar-refractivity contribution in [3.8, 4) is 6.07 Å². The molecule has 1 saturated carbocycles. The number of benzene rings is 2. The number of esters is 1. The SMILES string of the molecule is COC(=O)CC1(C#N)C(c2ccccc2)C1c1ccc(C(F)(F)F)cc1. The van der Waals surface area contributed by atoms with Crippen LogP contribution >= 0.6 is 0 Å². The summed E-state index contributed by atoms with van der Waals surface area (Å²) in [4.78, 5) is 11.8. The van der Waals surface area contributed by atoms with Gasteiger partial charge in [-0.15, -0.1) is 0 Å². The zero-order valence-electron chi connectivity index (χ0n) is 14.0. The molecule has 0 saturated heterocycles. The molecule has 3 rings (SSSR count). The number of alkyl halides is 3. The van der Waals surface area contributed by atoms with Crippen LogP contribution in [-0.2, 0) is 15.7 Å². The van der Waals surface area contributed by atoms with Gasteiger partial charge in [0.05, 0.1) is 30.6 Å². The van der Waals surface area contributed by atoms with Crippen molar-refractivity contribution in [2.45, 2.75) is 24.4 Å². The zero-order valence-corrected chi connectivity index (χ0v) is 14.0. The fraction of sp³-hybridized carbons (Fsp3) is 0.300. The van der Waals surface area contributed by atoms with Crippen LogP contribution in [-0.4, -0.2) is 13.1 Å². The summed E-state index contributed by atoms with van der Waals surface area (Å²) < 4.78 is 43.1. The number of nitriles is 1. The third-order valence-corrected chi connectivity index (χ3v) is 4.96. The number of rotatable bonds is 4. The van der Waals surface area contributed by atoms with E-state index in [2.05, 4.69) is 6.07 Å². The molecule has 2 aromatic rings. The number of nitrogens with zero attached hydrogens (tertiary/aromatic N) is 1. The Bertz CT molecular complexity index is 840. The van der Waals surface area contributed by atoms with Gasteiger partial charge in [-0.1, -0.05) is 42.5 Å². The van der Waals surface area contributed by atoms with Gasteiger partial charge in [0, 0.05) is 11.8 Å². The molecule has 1 fully saturated rings. The molecule has 0 aliphatic heterocycles. The topological polar surface area (TPSA) is 50.1 Å². The van der Waals surface area contributed by atoms with Crippen molar-refractivity contribution in [2.75, 3.05) is 7.11 Å². The minimum absolute atomic E-state index is 0.106. The van der Waals surface area contributed by atoms with Crippen molar-refractivity contribution in [2.24, 2.45) is 5.41 Å². The number of hydrogen-bond acceptors (Lipinski definition) is 3. The highest BCUT2D eigenvalue weighted by atomic mass is 19.4. The number of methoxy groups -OCH3 is 1. The van der Waals surface area contributed by atoms with Crippen molar-refractivity contribution in [1.29, 1.82) is 5.26 Å². The average Bonchev–Trinajstić information content (AvgIpc) is 3.30. The van der Waals surface area contributed by atoms with Gasteiger partial charge in [0.25, 0.3) is 0 Å². The van der Waals surface area contributed by atoms with Gasteiger partial charge in [-0.25, -0.2) is 0 Å². The lowest BCUT2D eigenvalue weighted by atomic mass is 9.95. The van der Waals surface area contributed by atoms with Gasteiger partial charge in [-0.05, 0) is 23.3 Å². The molecule has 3 atom stereocenters. The second-order valence-electron chi connectivity index (χ2n) is 6.39. The van der Waals surface area contributed by atoms with Crippen LogP contribution in [0.4, 0.5) is 13.2 Å². The van der Waals surface area contributed by atoms with Crippen molar-refractivity contribution in [3.05, 3.63) is 71.3 Å². The Morgan fingerprint density at radius 1 is 1.08 bits per heavy atom. The molecule has 134 valence electrons. The predicted octanol–water partition coefficient (Wildman–Crippen LogP) is 4.66. The van der Waals surface area contributed by atoms with Gasteiger partial charge in [0.2, 0.25) is 0 Å². The molecule has 0 N–H and O–H groups in total. The van der Waals surface area contributed by atoms with Crippen LogP contribution in [0, 0.1) is 16.7 Å². The van der Waals surface area contributed by atoms with E-state index in [1.54, 1.807) is 0 Å². The zero-order chi connectivity index (χ0) is 18.9. The number of carbonyl (C=O) groups excluding carboxylic acids is 1. The fourth-order valence-corrected chi connectivity index (χ4v) is 3.67. The second-order valence-corrected chi connectivity index (χ2v) is 6.39. The van der Waals surface area contributed by atoms with E-state index in [0.717, 1.165) is 17.7 Å². The Balaban J connectivity index is 2.00. The van der Waals surface area contributed by atoms with E-state index >= 15 is 0 Å². The first-order valence-corrected chi connectivity index (χ1v) is 8.03. The molecule has 3 unspecified atom stereocenters. The van der Waals surface area contributed by atoms with Crippen LogP contribution in [0.3, 0.4) is 0 Å². The highest BCUT2D eigenvalue weighted by Gasteiger charge is 2.67. The quantitative estimate of drug-likeness (QED) is 0.746. The van der Waals surface area contributed by atoms with E-state index in [-0.39, 0.29) is 18.3 Å². The second kappa shape index (κ2) is 6.49. The molecule has 0 spiro atoms. The minimum atomic E-state index is -4.42. The van der Waals surface area contributed by atoms with Gasteiger partial charge in [0.15, 0.2) is 0 Å². The van der Waals surface area contributed by atoms with E-state index in [9.17, 15) is 23.2 Å². The third kappa shape index (κ3) is 3.05. The number of ether oxygens (including phenoxy) is 1. The molecule has 3 nitrogen and oxygen atoms in total. The van der Waals surface area contributed by atoms with Crippen molar-refractivity contribution < 1.29 is 22.7 Å². The summed E-state index contributed by atoms with van der Waals surface area (Å²) in [5.74, 6) is -1.15. The smallest absolute Gasteiger partial charge is 0.416 e. The molecule has 0 bridgehead atoms. The summed E-state index contributed by atoms with van der Waals surface area (Å²) in [5, 5.41) is 9.81. The van der Waals surface area contributed by atoms with Crippen LogP contribution in [0.25, 0.3) is 0 Å². The summed E-state index contributed by atoms with van der Waals surface area (Å²) in [6.07, 6.45) is -4.52. The summed E-state index contributed by atoms with van der Waals surface area (Å²) in [6.45, 7) is 0. The Morgan fingerprint density at radius 2 is 1.62 bits per heavy atom. The van der Waals surface area contributed by atoms with Gasteiger partial charge in [-0.2, -0.15) is 18.4 Å². The average molecular weight is 359 g/mol. The monoisotopic (exact) mass is 359 g/mol. The number of hydrogen-bond donors (Lipinski definition) is 0. The van der Waals surface area contributed by atoms with Crippen LogP contribution in [0.15, 0.2) is 54.6 Å². The maximum Gasteiger partial charge on any atom is 0.416 e. The molecule has 6 heteroatoms. The molecular weight excluding hydrogens is 343 g/mol. The van der Waals surface area contributed by atoms with Crippen LogP contribution in [0.1, 0.15) is 34.9 Å². The molecule has 0 aromatic heterocycles. The van der Waals surface area contributed by atoms with Crippen molar-refractivity contribution in [1.82, 2.24) is 0 Å². The van der Waals surface area contributed by atoms with E-state index in [1.807, 2.05) is 30.3 Å². The first-order chi connectivity index (χ1) is 12.3. The van der Waals surface area contributed by atoms with E-state index in [0.29, 0.717) is 5.56 Å². The molecule has 0 radical (unpaired) electrons. The van der Waals surface area contributed by atoms with Crippen molar-refractivity contribution >= 4 is 5.97 Å². The summed E-state index contributed by atoms with van der Waals surface area (Å²) >= 11 is 0. The Morgan fingerprint density at radius 3 is 2.08 bits per heavy atom. The van der Waals surface area contributed by atoms with E-state index in [1.165, 1.54) is 19.2 Å². The fourth-order valence-electron chi connectivity index (χ4n) is 3.67. The van der Waals surface area contributed by atoms with Gasteiger partial charge < -0.3 is 4.74 Å². The molecule has 1 aliphatic carbocycles. The van der Waals surface area contributed by atoms with Crippen LogP contribution in [0.2, 0.25) is 0 Å². The van der Waals surface area contributed by atoms with Crippen LogP contribution < -0.4 is 0 Å². The summed E-state index contributed by atoms with van der Waals surface area (Å²) in [6, 6.07) is 16.3. The van der Waals surface area contributed by atoms with E-state index in [4.69, 9.17) is 4.74 Å². The lowest BCUT2D eigenvalue weighted by Gasteiger charge is -2.09. The maximum absolute atomic E-state index is 12.8. The summed E-state index contributed by atoms with van der Waals surface area (Å²) in [7, 11) is 1.25. The normalized spacial score (nSPS) is 24.6. The molecule has 26 heavy (non-hydrogen) atoms. The number of halogens is 3. The molecular formula is C20H16F3NO2.